The lowest BCUT2D eigenvalue weighted by Crippen LogP contribution is -2.62. The molecule has 0 aromatic rings. The summed E-state index contributed by atoms with van der Waals surface area (Å²) in [5.41, 5.74) is -0.914. The van der Waals surface area contributed by atoms with E-state index < -0.39 is 27.9 Å². The maximum absolute atomic E-state index is 13.9. The van der Waals surface area contributed by atoms with Crippen molar-refractivity contribution < 1.29 is 41.4 Å². The Morgan fingerprint density at radius 1 is 1.14 bits per heavy atom. The van der Waals surface area contributed by atoms with Crippen LogP contribution >= 0.6 is 0 Å². The molecule has 0 bridgehead atoms. The first-order valence-corrected chi connectivity index (χ1v) is 14.6. The largest absolute Gasteiger partial charge is 0.481 e. The van der Waals surface area contributed by atoms with Crippen molar-refractivity contribution >= 4 is 28.1 Å². The van der Waals surface area contributed by atoms with E-state index in [4.69, 9.17) is 14.0 Å². The van der Waals surface area contributed by atoms with Crippen LogP contribution in [0.15, 0.2) is 0 Å². The summed E-state index contributed by atoms with van der Waals surface area (Å²) < 4.78 is 44.4. The summed E-state index contributed by atoms with van der Waals surface area (Å²) >= 11 is 0. The molecule has 0 radical (unpaired) electrons. The van der Waals surface area contributed by atoms with E-state index in [0.717, 1.165) is 19.3 Å². The van der Waals surface area contributed by atoms with Gasteiger partial charge in [-0.05, 0) is 85.9 Å². The van der Waals surface area contributed by atoms with Gasteiger partial charge in [-0.3, -0.25) is 18.9 Å². The highest BCUT2D eigenvalue weighted by atomic mass is 32.3. The van der Waals surface area contributed by atoms with Gasteiger partial charge in [0.25, 0.3) is 0 Å². The number of rotatable bonds is 7. The van der Waals surface area contributed by atoms with Crippen LogP contribution in [-0.4, -0.2) is 48.0 Å². The molecule has 0 amide bonds. The molecule has 4 saturated carbocycles. The van der Waals surface area contributed by atoms with E-state index in [-0.39, 0.29) is 65.2 Å². The Kier molecular flexibility index (Phi) is 7.38. The van der Waals surface area contributed by atoms with Crippen molar-refractivity contribution in [3.8, 4) is 0 Å². The molecule has 0 heterocycles. The molecule has 0 aliphatic heterocycles. The highest BCUT2D eigenvalue weighted by Gasteiger charge is 2.66. The van der Waals surface area contributed by atoms with Crippen molar-refractivity contribution in [3.63, 3.8) is 0 Å². The Morgan fingerprint density at radius 3 is 2.44 bits per heavy atom. The molecule has 36 heavy (non-hydrogen) atoms. The number of ether oxygens (including phenoxy) is 1. The van der Waals surface area contributed by atoms with Gasteiger partial charge in [0.05, 0.1) is 6.10 Å². The van der Waals surface area contributed by atoms with Crippen molar-refractivity contribution in [1.29, 1.82) is 0 Å². The molecule has 0 aromatic carbocycles. The van der Waals surface area contributed by atoms with E-state index in [9.17, 15) is 27.4 Å². The average molecular weight is 529 g/mol. The number of carboxylic acid groups (broad SMARTS) is 1. The fourth-order valence-electron chi connectivity index (χ4n) is 8.97. The zero-order valence-electron chi connectivity index (χ0n) is 21.6. The van der Waals surface area contributed by atoms with Crippen LogP contribution in [0.3, 0.4) is 0 Å². The molecule has 4 aliphatic rings. The summed E-state index contributed by atoms with van der Waals surface area (Å²) in [5, 5.41) is 9.16. The minimum absolute atomic E-state index is 0.00699. The van der Waals surface area contributed by atoms with E-state index in [2.05, 4.69) is 6.92 Å². The van der Waals surface area contributed by atoms with Crippen LogP contribution in [-0.2, 0) is 33.7 Å². The van der Waals surface area contributed by atoms with Crippen molar-refractivity contribution in [2.75, 3.05) is 0 Å². The maximum Gasteiger partial charge on any atom is 0.397 e. The molecule has 0 aromatic heterocycles. The molecule has 0 unspecified atom stereocenters. The number of hydrogen-bond donors (Lipinski definition) is 2. The minimum Gasteiger partial charge on any atom is -0.481 e. The standard InChI is InChI=1S/C26H40O9S/c1-14(5-8-23(29)30)18-6-7-19-24-20(13-22(28)26(18,19)4)25(3)10-9-17(34-15(2)27)11-16(25)12-21(24)35-36(31,32)33/h14,16-21,24H,5-13H2,1-4H3,(H,29,30)(H,31,32,33)/t14-,16+,17-,18-,19+,20+,21-,24+,25+,26-/m1/s1. The monoisotopic (exact) mass is 528 g/mol. The van der Waals surface area contributed by atoms with Gasteiger partial charge >= 0.3 is 22.3 Å². The molecule has 4 aliphatic carbocycles. The van der Waals surface area contributed by atoms with Gasteiger partial charge in [0.2, 0.25) is 0 Å². The second kappa shape index (κ2) is 9.66. The van der Waals surface area contributed by atoms with Crippen molar-refractivity contribution in [1.82, 2.24) is 0 Å². The lowest BCUT2D eigenvalue weighted by Gasteiger charge is -2.62. The second-order valence-corrected chi connectivity index (χ2v) is 13.3. The van der Waals surface area contributed by atoms with Crippen LogP contribution in [0.5, 0.6) is 0 Å². The number of carboxylic acids is 1. The van der Waals surface area contributed by atoms with E-state index in [1.54, 1.807) is 0 Å². The maximum atomic E-state index is 13.9. The number of carbonyl (C=O) groups excluding carboxylic acids is 2. The van der Waals surface area contributed by atoms with Gasteiger partial charge in [0.1, 0.15) is 11.9 Å². The van der Waals surface area contributed by atoms with Crippen LogP contribution in [0, 0.1) is 46.3 Å². The van der Waals surface area contributed by atoms with Crippen molar-refractivity contribution in [2.24, 2.45) is 46.3 Å². The molecular weight excluding hydrogens is 488 g/mol. The summed E-state index contributed by atoms with van der Waals surface area (Å²) in [5.74, 6) is -1.38. The molecule has 10 heteroatoms. The summed E-state index contributed by atoms with van der Waals surface area (Å²) in [4.78, 5) is 36.7. The number of fused-ring (bicyclic) bond motifs is 5. The van der Waals surface area contributed by atoms with Crippen LogP contribution in [0.1, 0.15) is 85.5 Å². The van der Waals surface area contributed by atoms with Crippen LogP contribution in [0.4, 0.5) is 0 Å². The second-order valence-electron chi connectivity index (χ2n) is 12.3. The Morgan fingerprint density at radius 2 is 1.83 bits per heavy atom. The van der Waals surface area contributed by atoms with Crippen LogP contribution in [0.2, 0.25) is 0 Å². The average Bonchev–Trinajstić information content (AvgIpc) is 3.11. The van der Waals surface area contributed by atoms with Crippen LogP contribution < -0.4 is 0 Å². The molecular formula is C26H40O9S. The number of esters is 1. The molecule has 204 valence electrons. The van der Waals surface area contributed by atoms with E-state index >= 15 is 0 Å². The molecule has 2 N–H and O–H groups in total. The fraction of sp³-hybridized carbons (Fsp3) is 0.885. The Balaban J connectivity index is 1.67. The fourth-order valence-corrected chi connectivity index (χ4v) is 9.49. The lowest BCUT2D eigenvalue weighted by atomic mass is 9.43. The van der Waals surface area contributed by atoms with Crippen LogP contribution in [0.25, 0.3) is 0 Å². The van der Waals surface area contributed by atoms with E-state index in [0.29, 0.717) is 32.1 Å². The summed E-state index contributed by atoms with van der Waals surface area (Å²) in [7, 11) is -4.71. The quantitative estimate of drug-likeness (QED) is 0.369. The molecule has 9 nitrogen and oxygen atoms in total. The summed E-state index contributed by atoms with van der Waals surface area (Å²) in [6, 6.07) is 0. The predicted molar refractivity (Wildman–Crippen MR) is 129 cm³/mol. The van der Waals surface area contributed by atoms with Gasteiger partial charge < -0.3 is 9.84 Å². The molecule has 10 atom stereocenters. The number of ketones is 1. The van der Waals surface area contributed by atoms with Crippen molar-refractivity contribution in [3.05, 3.63) is 0 Å². The summed E-state index contributed by atoms with van der Waals surface area (Å²) in [6.07, 6.45) is 3.83. The van der Waals surface area contributed by atoms with E-state index in [1.807, 2.05) is 13.8 Å². The number of aliphatic carboxylic acids is 1. The topological polar surface area (TPSA) is 144 Å². The number of hydrogen-bond acceptors (Lipinski definition) is 7. The third-order valence-electron chi connectivity index (χ3n) is 10.6. The molecule has 4 rings (SSSR count). The highest BCUT2D eigenvalue weighted by Crippen LogP contribution is 2.68. The first-order chi connectivity index (χ1) is 16.7. The Hall–Kier alpha value is -1.52. The first-order valence-electron chi connectivity index (χ1n) is 13.2. The van der Waals surface area contributed by atoms with Gasteiger partial charge in [0, 0.05) is 25.2 Å². The smallest absolute Gasteiger partial charge is 0.397 e. The molecule has 4 fully saturated rings. The molecule has 0 spiro atoms. The SMILES string of the molecule is CC(=O)O[C@@H]1CC[C@@]2(C)[C@@H](C1)C[C@@H](OS(=O)(=O)O)[C@@H]1[C@@H]2CC(=O)[C@]2(C)[C@@H]([C@H](C)CCC(=O)O)CC[C@@H]12. The van der Waals surface area contributed by atoms with Gasteiger partial charge in [0.15, 0.2) is 0 Å². The Labute approximate surface area is 213 Å². The van der Waals surface area contributed by atoms with Gasteiger partial charge in [-0.15, -0.1) is 0 Å². The van der Waals surface area contributed by atoms with E-state index in [1.165, 1.54) is 6.92 Å². The first kappa shape index (κ1) is 27.5. The molecule has 0 saturated heterocycles. The zero-order valence-corrected chi connectivity index (χ0v) is 22.5. The lowest BCUT2D eigenvalue weighted by molar-refractivity contribution is -0.182. The summed E-state index contributed by atoms with van der Waals surface area (Å²) in [6.45, 7) is 7.56. The minimum atomic E-state index is -4.71. The predicted octanol–water partition coefficient (Wildman–Crippen LogP) is 4.05. The van der Waals surface area contributed by atoms with Crippen molar-refractivity contribution in [2.45, 2.75) is 97.7 Å². The Bertz CT molecular complexity index is 1010. The number of Topliss-reactive ketones (excluding diaryl/α,β-unsaturated/α-hetero) is 1. The van der Waals surface area contributed by atoms with Gasteiger partial charge in [-0.2, -0.15) is 8.42 Å². The zero-order chi connectivity index (χ0) is 26.6. The van der Waals surface area contributed by atoms with Gasteiger partial charge in [-0.1, -0.05) is 20.8 Å². The normalized spacial score (nSPS) is 43.1. The van der Waals surface area contributed by atoms with Gasteiger partial charge in [-0.25, -0.2) is 4.18 Å². The number of carbonyl (C=O) groups is 3. The third-order valence-corrected chi connectivity index (χ3v) is 11.1. The highest BCUT2D eigenvalue weighted by molar-refractivity contribution is 7.80. The third kappa shape index (κ3) is 4.85.